The first-order chi connectivity index (χ1) is 9.15. The maximum Gasteiger partial charge on any atom is 0.316 e. The van der Waals surface area contributed by atoms with Gasteiger partial charge >= 0.3 is 6.03 Å². The molecule has 1 aromatic rings. The summed E-state index contributed by atoms with van der Waals surface area (Å²) >= 11 is 0. The average molecular weight is 264 g/mol. The second-order valence-electron chi connectivity index (χ2n) is 4.56. The van der Waals surface area contributed by atoms with E-state index in [-0.39, 0.29) is 6.04 Å². The summed E-state index contributed by atoms with van der Waals surface area (Å²) < 4.78 is 5.31. The van der Waals surface area contributed by atoms with Gasteiger partial charge in [-0.3, -0.25) is 0 Å². The maximum absolute atomic E-state index is 10.7. The Morgan fingerprint density at radius 1 is 1.32 bits per heavy atom. The number of hydrazine groups is 1. The zero-order valence-electron chi connectivity index (χ0n) is 11.1. The topological polar surface area (TPSA) is 79.6 Å². The molecule has 0 bridgehead atoms. The van der Waals surface area contributed by atoms with Crippen LogP contribution in [-0.2, 0) is 4.74 Å². The van der Waals surface area contributed by atoms with E-state index in [1.807, 2.05) is 24.3 Å². The average Bonchev–Trinajstić information content (AvgIpc) is 2.40. The number of morpholine rings is 1. The Labute approximate surface area is 112 Å². The number of ether oxygens (including phenoxy) is 1. The molecule has 2 rings (SSSR count). The van der Waals surface area contributed by atoms with Crippen molar-refractivity contribution < 1.29 is 9.53 Å². The summed E-state index contributed by atoms with van der Waals surface area (Å²) in [6.45, 7) is 5.42. The largest absolute Gasteiger partial charge is 0.379 e. The number of carbonyl (C=O) groups excluding carboxylic acids is 1. The van der Waals surface area contributed by atoms with Crippen molar-refractivity contribution in [2.24, 2.45) is 5.73 Å². The van der Waals surface area contributed by atoms with E-state index in [2.05, 4.69) is 22.7 Å². The molecule has 1 unspecified atom stereocenters. The molecule has 1 aliphatic rings. The molecule has 1 aliphatic heterocycles. The maximum atomic E-state index is 10.7. The van der Waals surface area contributed by atoms with E-state index in [1.165, 1.54) is 0 Å². The minimum atomic E-state index is -0.549. The molecule has 1 atom stereocenters. The number of primary amides is 1. The van der Waals surface area contributed by atoms with Gasteiger partial charge in [0.05, 0.1) is 13.2 Å². The van der Waals surface area contributed by atoms with Crippen LogP contribution in [0, 0.1) is 0 Å². The highest BCUT2D eigenvalue weighted by molar-refractivity contribution is 5.87. The van der Waals surface area contributed by atoms with Gasteiger partial charge in [0.2, 0.25) is 0 Å². The van der Waals surface area contributed by atoms with Gasteiger partial charge in [-0.1, -0.05) is 12.1 Å². The first-order valence-electron chi connectivity index (χ1n) is 6.40. The number of anilines is 1. The molecule has 2 amide bonds. The number of nitrogens with two attached hydrogens (primary N) is 1. The summed E-state index contributed by atoms with van der Waals surface area (Å²) in [5, 5.41) is 4.71. The quantitative estimate of drug-likeness (QED) is 0.760. The van der Waals surface area contributed by atoms with Gasteiger partial charge in [-0.2, -0.15) is 0 Å². The van der Waals surface area contributed by atoms with Crippen LogP contribution in [0.2, 0.25) is 0 Å². The molecule has 0 aromatic heterocycles. The van der Waals surface area contributed by atoms with Crippen molar-refractivity contribution in [3.05, 3.63) is 29.8 Å². The highest BCUT2D eigenvalue weighted by atomic mass is 16.5. The summed E-state index contributed by atoms with van der Waals surface area (Å²) in [4.78, 5) is 10.7. The highest BCUT2D eigenvalue weighted by Gasteiger charge is 2.13. The highest BCUT2D eigenvalue weighted by Crippen LogP contribution is 2.16. The van der Waals surface area contributed by atoms with Crippen molar-refractivity contribution in [2.75, 3.05) is 31.6 Å². The minimum absolute atomic E-state index is 0.209. The number of urea groups is 1. The smallest absolute Gasteiger partial charge is 0.316 e. The predicted octanol–water partition coefficient (Wildman–Crippen LogP) is 1.07. The Kier molecular flexibility index (Phi) is 4.73. The van der Waals surface area contributed by atoms with Gasteiger partial charge < -0.3 is 15.8 Å². The van der Waals surface area contributed by atoms with Crippen molar-refractivity contribution in [3.63, 3.8) is 0 Å². The fourth-order valence-electron chi connectivity index (χ4n) is 2.04. The van der Waals surface area contributed by atoms with Gasteiger partial charge in [0, 0.05) is 24.8 Å². The van der Waals surface area contributed by atoms with Crippen LogP contribution in [0.4, 0.5) is 10.5 Å². The number of hydrogen-bond acceptors (Lipinski definition) is 4. The van der Waals surface area contributed by atoms with Crippen molar-refractivity contribution in [2.45, 2.75) is 13.0 Å². The van der Waals surface area contributed by atoms with Crippen LogP contribution in [0.3, 0.4) is 0 Å². The number of benzene rings is 1. The van der Waals surface area contributed by atoms with Crippen LogP contribution in [0.15, 0.2) is 24.3 Å². The van der Waals surface area contributed by atoms with Crippen molar-refractivity contribution >= 4 is 11.7 Å². The molecule has 0 aliphatic carbocycles. The Morgan fingerprint density at radius 3 is 2.53 bits per heavy atom. The molecule has 6 nitrogen and oxygen atoms in total. The third kappa shape index (κ3) is 4.20. The number of rotatable bonds is 4. The number of carbonyl (C=O) groups is 1. The van der Waals surface area contributed by atoms with E-state index in [0.717, 1.165) is 31.9 Å². The van der Waals surface area contributed by atoms with Crippen molar-refractivity contribution in [3.8, 4) is 0 Å². The molecule has 1 heterocycles. The van der Waals surface area contributed by atoms with Crippen LogP contribution >= 0.6 is 0 Å². The molecule has 104 valence electrons. The molecule has 0 spiro atoms. The number of nitrogens with one attached hydrogen (secondary N) is 2. The number of amides is 2. The second-order valence-corrected chi connectivity index (χ2v) is 4.56. The fourth-order valence-corrected chi connectivity index (χ4v) is 2.04. The van der Waals surface area contributed by atoms with Crippen molar-refractivity contribution in [1.29, 1.82) is 0 Å². The van der Waals surface area contributed by atoms with Crippen LogP contribution in [-0.4, -0.2) is 37.3 Å². The molecule has 19 heavy (non-hydrogen) atoms. The molecule has 1 aromatic carbocycles. The van der Waals surface area contributed by atoms with Crippen LogP contribution < -0.4 is 16.5 Å². The Bertz CT molecular complexity index is 415. The zero-order chi connectivity index (χ0) is 13.7. The summed E-state index contributed by atoms with van der Waals surface area (Å²) in [5.74, 6) is 0. The number of hydrogen-bond donors (Lipinski definition) is 3. The lowest BCUT2D eigenvalue weighted by molar-refractivity contribution is 0.00485. The lowest BCUT2D eigenvalue weighted by Crippen LogP contribution is -2.46. The second kappa shape index (κ2) is 6.51. The van der Waals surface area contributed by atoms with E-state index in [9.17, 15) is 4.79 Å². The summed E-state index contributed by atoms with van der Waals surface area (Å²) in [6.07, 6.45) is 0. The Hall–Kier alpha value is -1.63. The molecular formula is C13H20N4O2. The summed E-state index contributed by atoms with van der Waals surface area (Å²) in [5.41, 5.74) is 10.4. The van der Waals surface area contributed by atoms with Crippen LogP contribution in [0.25, 0.3) is 0 Å². The molecule has 0 radical (unpaired) electrons. The van der Waals surface area contributed by atoms with Gasteiger partial charge in [-0.15, -0.1) is 0 Å². The summed E-state index contributed by atoms with van der Waals surface area (Å²) in [6, 6.07) is 7.30. The van der Waals surface area contributed by atoms with Gasteiger partial charge in [-0.05, 0) is 24.6 Å². The van der Waals surface area contributed by atoms with Gasteiger partial charge in [0.25, 0.3) is 0 Å². The van der Waals surface area contributed by atoms with Gasteiger partial charge in [0.1, 0.15) is 0 Å². The van der Waals surface area contributed by atoms with E-state index in [0.29, 0.717) is 5.69 Å². The molecule has 1 saturated heterocycles. The normalized spacial score (nSPS) is 17.9. The first-order valence-corrected chi connectivity index (χ1v) is 6.40. The minimum Gasteiger partial charge on any atom is -0.379 e. The molecule has 6 heteroatoms. The lowest BCUT2D eigenvalue weighted by atomic mass is 10.1. The van der Waals surface area contributed by atoms with Crippen LogP contribution in [0.5, 0.6) is 0 Å². The van der Waals surface area contributed by atoms with E-state index >= 15 is 0 Å². The van der Waals surface area contributed by atoms with Gasteiger partial charge in [-0.25, -0.2) is 15.2 Å². The number of nitrogens with zero attached hydrogens (tertiary/aromatic N) is 1. The zero-order valence-corrected chi connectivity index (χ0v) is 11.1. The van der Waals surface area contributed by atoms with Gasteiger partial charge in [0.15, 0.2) is 0 Å². The first kappa shape index (κ1) is 13.8. The molecule has 1 fully saturated rings. The standard InChI is InChI=1S/C13H20N4O2/c1-10(16-17-6-8-19-9-7-17)11-2-4-12(5-3-11)15-13(14)18/h2-5,10,16H,6-9H2,1H3,(H3,14,15,18). The molecular weight excluding hydrogens is 244 g/mol. The predicted molar refractivity (Wildman–Crippen MR) is 73.6 cm³/mol. The fraction of sp³-hybridized carbons (Fsp3) is 0.462. The Morgan fingerprint density at radius 2 is 1.95 bits per heavy atom. The third-order valence-corrected chi connectivity index (χ3v) is 3.07. The van der Waals surface area contributed by atoms with E-state index in [1.54, 1.807) is 0 Å². The SMILES string of the molecule is CC(NN1CCOCC1)c1ccc(NC(N)=O)cc1. The van der Waals surface area contributed by atoms with Crippen LogP contribution in [0.1, 0.15) is 18.5 Å². The van der Waals surface area contributed by atoms with E-state index < -0.39 is 6.03 Å². The lowest BCUT2D eigenvalue weighted by Gasteiger charge is -2.30. The third-order valence-electron chi connectivity index (χ3n) is 3.07. The molecule has 4 N–H and O–H groups in total. The Balaban J connectivity index is 1.91. The van der Waals surface area contributed by atoms with E-state index in [4.69, 9.17) is 10.5 Å². The molecule has 0 saturated carbocycles. The monoisotopic (exact) mass is 264 g/mol. The van der Waals surface area contributed by atoms with Crippen molar-refractivity contribution in [1.82, 2.24) is 10.4 Å². The summed E-state index contributed by atoms with van der Waals surface area (Å²) in [7, 11) is 0.